The van der Waals surface area contributed by atoms with Crippen molar-refractivity contribution in [2.75, 3.05) is 10.0 Å². The van der Waals surface area contributed by atoms with Crippen LogP contribution < -0.4 is 14.8 Å². The van der Waals surface area contributed by atoms with Gasteiger partial charge in [0, 0.05) is 20.9 Å². The van der Waals surface area contributed by atoms with Crippen LogP contribution in [0.1, 0.15) is 18.1 Å². The van der Waals surface area contributed by atoms with Crippen LogP contribution in [0.2, 0.25) is 5.02 Å². The van der Waals surface area contributed by atoms with Crippen molar-refractivity contribution in [3.05, 3.63) is 81.3 Å². The van der Waals surface area contributed by atoms with Crippen molar-refractivity contribution in [3.63, 3.8) is 0 Å². The summed E-state index contributed by atoms with van der Waals surface area (Å²) in [6, 6.07) is 16.2. The monoisotopic (exact) mass is 536 g/mol. The van der Waals surface area contributed by atoms with E-state index in [2.05, 4.69) is 26.0 Å². The first-order valence-corrected chi connectivity index (χ1v) is 12.3. The fourth-order valence-electron chi connectivity index (χ4n) is 2.93. The zero-order valence-corrected chi connectivity index (χ0v) is 20.8. The van der Waals surface area contributed by atoms with Crippen LogP contribution in [0.4, 0.5) is 11.4 Å². The largest absolute Gasteiger partial charge is 0.481 e. The third kappa shape index (κ3) is 6.03. The Balaban J connectivity index is 1.64. The van der Waals surface area contributed by atoms with Crippen molar-refractivity contribution in [2.45, 2.75) is 31.8 Å². The third-order valence-electron chi connectivity index (χ3n) is 4.62. The first-order valence-electron chi connectivity index (χ1n) is 9.68. The van der Waals surface area contributed by atoms with E-state index in [-0.39, 0.29) is 10.8 Å². The number of hydrogen-bond donors (Lipinski definition) is 2. The van der Waals surface area contributed by atoms with E-state index in [0.29, 0.717) is 22.1 Å². The van der Waals surface area contributed by atoms with Gasteiger partial charge in [-0.1, -0.05) is 27.5 Å². The van der Waals surface area contributed by atoms with Crippen LogP contribution in [0.25, 0.3) is 0 Å². The molecule has 3 aromatic rings. The molecule has 0 heterocycles. The van der Waals surface area contributed by atoms with Crippen LogP contribution in [0.3, 0.4) is 0 Å². The maximum absolute atomic E-state index is 12.6. The van der Waals surface area contributed by atoms with E-state index in [0.717, 1.165) is 15.6 Å². The fraction of sp³-hybridized carbons (Fsp3) is 0.174. The molecule has 0 aliphatic carbocycles. The second-order valence-corrected chi connectivity index (χ2v) is 10.2. The van der Waals surface area contributed by atoms with Gasteiger partial charge in [-0.25, -0.2) is 8.42 Å². The van der Waals surface area contributed by atoms with Crippen molar-refractivity contribution in [2.24, 2.45) is 0 Å². The number of benzene rings is 3. The SMILES string of the molecule is Cc1cc(O[C@H](C)C(=O)Nc2ccc(S(=O)(=O)Nc3ccc(Br)cc3)cc2)cc(C)c1Cl. The van der Waals surface area contributed by atoms with E-state index in [9.17, 15) is 13.2 Å². The Morgan fingerprint density at radius 2 is 1.50 bits per heavy atom. The Hall–Kier alpha value is -2.55. The van der Waals surface area contributed by atoms with Crippen LogP contribution in [0.15, 0.2) is 70.0 Å². The number of rotatable bonds is 7. The Kier molecular flexibility index (Phi) is 7.48. The first-order chi connectivity index (χ1) is 15.0. The van der Waals surface area contributed by atoms with Gasteiger partial charge in [0.1, 0.15) is 5.75 Å². The molecule has 0 saturated heterocycles. The third-order valence-corrected chi connectivity index (χ3v) is 7.14. The lowest BCUT2D eigenvalue weighted by atomic mass is 10.1. The van der Waals surface area contributed by atoms with E-state index < -0.39 is 16.1 Å². The van der Waals surface area contributed by atoms with E-state index in [1.54, 1.807) is 43.3 Å². The molecule has 3 aromatic carbocycles. The second kappa shape index (κ2) is 9.94. The van der Waals surface area contributed by atoms with Gasteiger partial charge in [-0.05, 0) is 92.6 Å². The van der Waals surface area contributed by atoms with E-state index in [1.807, 2.05) is 13.8 Å². The zero-order valence-electron chi connectivity index (χ0n) is 17.6. The first kappa shape index (κ1) is 24.1. The van der Waals surface area contributed by atoms with Crippen molar-refractivity contribution in [1.29, 1.82) is 0 Å². The number of amides is 1. The molecule has 0 spiro atoms. The standard InChI is InChI=1S/C23H22BrClN2O4S/c1-14-12-20(13-15(2)22(14)25)31-16(3)23(28)26-18-8-10-21(11-9-18)32(29,30)27-19-6-4-17(24)5-7-19/h4-13,16,27H,1-3H3,(H,26,28)/t16-/m1/s1. The summed E-state index contributed by atoms with van der Waals surface area (Å²) in [7, 11) is -3.75. The van der Waals surface area contributed by atoms with Crippen molar-refractivity contribution < 1.29 is 17.9 Å². The normalized spacial score (nSPS) is 12.2. The van der Waals surface area contributed by atoms with Crippen LogP contribution >= 0.6 is 27.5 Å². The second-order valence-electron chi connectivity index (χ2n) is 7.26. The highest BCUT2D eigenvalue weighted by Crippen LogP contribution is 2.27. The van der Waals surface area contributed by atoms with E-state index >= 15 is 0 Å². The average molecular weight is 538 g/mol. The summed E-state index contributed by atoms with van der Waals surface area (Å²) >= 11 is 9.48. The summed E-state index contributed by atoms with van der Waals surface area (Å²) in [5.74, 6) is 0.186. The molecule has 0 fully saturated rings. The number of halogens is 2. The molecule has 9 heteroatoms. The lowest BCUT2D eigenvalue weighted by Crippen LogP contribution is -2.30. The van der Waals surface area contributed by atoms with Gasteiger partial charge in [0.25, 0.3) is 15.9 Å². The van der Waals surface area contributed by atoms with Gasteiger partial charge in [0.2, 0.25) is 0 Å². The van der Waals surface area contributed by atoms with E-state index in [4.69, 9.17) is 16.3 Å². The smallest absolute Gasteiger partial charge is 0.265 e. The summed E-state index contributed by atoms with van der Waals surface area (Å²) in [5, 5.41) is 3.39. The highest BCUT2D eigenvalue weighted by atomic mass is 79.9. The number of nitrogens with one attached hydrogen (secondary N) is 2. The Labute approximate surface area is 201 Å². The molecule has 0 aliphatic rings. The predicted octanol–water partition coefficient (Wildman–Crippen LogP) is 5.93. The van der Waals surface area contributed by atoms with Gasteiger partial charge in [0.15, 0.2) is 6.10 Å². The van der Waals surface area contributed by atoms with Crippen LogP contribution in [0, 0.1) is 13.8 Å². The minimum Gasteiger partial charge on any atom is -0.481 e. The fourth-order valence-corrected chi connectivity index (χ4v) is 4.36. The molecule has 3 rings (SSSR count). The average Bonchev–Trinajstić information content (AvgIpc) is 2.74. The maximum Gasteiger partial charge on any atom is 0.265 e. The number of carbonyl (C=O) groups is 1. The van der Waals surface area contributed by atoms with Gasteiger partial charge >= 0.3 is 0 Å². The van der Waals surface area contributed by atoms with E-state index in [1.165, 1.54) is 24.3 Å². The maximum atomic E-state index is 12.6. The molecule has 0 bridgehead atoms. The number of carbonyl (C=O) groups excluding carboxylic acids is 1. The number of ether oxygens (including phenoxy) is 1. The number of hydrogen-bond acceptors (Lipinski definition) is 4. The highest BCUT2D eigenvalue weighted by Gasteiger charge is 2.18. The topological polar surface area (TPSA) is 84.5 Å². The molecular weight excluding hydrogens is 516 g/mol. The summed E-state index contributed by atoms with van der Waals surface area (Å²) in [4.78, 5) is 12.6. The van der Waals surface area contributed by atoms with Crippen LogP contribution in [-0.2, 0) is 14.8 Å². The molecule has 0 aliphatic heterocycles. The molecule has 168 valence electrons. The minimum absolute atomic E-state index is 0.0785. The van der Waals surface area contributed by atoms with Crippen LogP contribution in [-0.4, -0.2) is 20.4 Å². The Morgan fingerprint density at radius 3 is 2.06 bits per heavy atom. The molecule has 0 radical (unpaired) electrons. The highest BCUT2D eigenvalue weighted by molar-refractivity contribution is 9.10. The number of aryl methyl sites for hydroxylation is 2. The summed E-state index contributed by atoms with van der Waals surface area (Å²) in [6.07, 6.45) is -0.766. The number of anilines is 2. The molecule has 2 N–H and O–H groups in total. The van der Waals surface area contributed by atoms with Gasteiger partial charge in [-0.2, -0.15) is 0 Å². The summed E-state index contributed by atoms with van der Waals surface area (Å²) in [6.45, 7) is 5.37. The molecule has 1 atom stereocenters. The summed E-state index contributed by atoms with van der Waals surface area (Å²) < 4.78 is 34.2. The lowest BCUT2D eigenvalue weighted by Gasteiger charge is -2.16. The molecule has 0 saturated carbocycles. The molecule has 1 amide bonds. The summed E-state index contributed by atoms with van der Waals surface area (Å²) in [5.41, 5.74) is 2.63. The zero-order chi connectivity index (χ0) is 23.5. The molecular formula is C23H22BrClN2O4S. The minimum atomic E-state index is -3.75. The molecule has 6 nitrogen and oxygen atoms in total. The van der Waals surface area contributed by atoms with Crippen molar-refractivity contribution in [1.82, 2.24) is 0 Å². The molecule has 0 aromatic heterocycles. The van der Waals surface area contributed by atoms with Gasteiger partial charge in [-0.15, -0.1) is 0 Å². The molecule has 0 unspecified atom stereocenters. The Morgan fingerprint density at radius 1 is 0.969 bits per heavy atom. The quantitative estimate of drug-likeness (QED) is 0.391. The van der Waals surface area contributed by atoms with Gasteiger partial charge < -0.3 is 10.1 Å². The number of sulfonamides is 1. The van der Waals surface area contributed by atoms with Crippen LogP contribution in [0.5, 0.6) is 5.75 Å². The Bertz CT molecular complexity index is 1210. The van der Waals surface area contributed by atoms with Crippen molar-refractivity contribution >= 4 is 54.8 Å². The predicted molar refractivity (Wildman–Crippen MR) is 131 cm³/mol. The van der Waals surface area contributed by atoms with Gasteiger partial charge in [0.05, 0.1) is 4.90 Å². The molecule has 32 heavy (non-hydrogen) atoms. The lowest BCUT2D eigenvalue weighted by molar-refractivity contribution is -0.122. The van der Waals surface area contributed by atoms with Gasteiger partial charge in [-0.3, -0.25) is 9.52 Å². The van der Waals surface area contributed by atoms with Crippen molar-refractivity contribution in [3.8, 4) is 5.75 Å².